The van der Waals surface area contributed by atoms with Gasteiger partial charge < -0.3 is 15.0 Å². The lowest BCUT2D eigenvalue weighted by atomic mass is 10.0. The molecule has 1 heterocycles. The van der Waals surface area contributed by atoms with Gasteiger partial charge in [0, 0.05) is 17.6 Å². The maximum atomic E-state index is 14.1. The SMILES string of the molecule is Cc1[nH]c2c(F)ccc(C)c2c1CCNC(=O)COc1cccc(-c2ccccc2)c1. The first-order valence-corrected chi connectivity index (χ1v) is 10.3. The molecule has 0 atom stereocenters. The predicted octanol–water partition coefficient (Wildman–Crippen LogP) is 5.33. The molecular weight excluding hydrogens is 391 g/mol. The number of nitrogens with one attached hydrogen (secondary N) is 2. The molecule has 0 bridgehead atoms. The first kappa shape index (κ1) is 20.7. The number of amides is 1. The van der Waals surface area contributed by atoms with E-state index in [1.54, 1.807) is 6.07 Å². The number of ether oxygens (including phenoxy) is 1. The minimum atomic E-state index is -0.259. The van der Waals surface area contributed by atoms with E-state index in [0.29, 0.717) is 24.2 Å². The summed E-state index contributed by atoms with van der Waals surface area (Å²) < 4.78 is 19.8. The molecular formula is C26H25FN2O2. The molecule has 0 saturated carbocycles. The van der Waals surface area contributed by atoms with Crippen molar-refractivity contribution in [1.82, 2.24) is 10.3 Å². The summed E-state index contributed by atoms with van der Waals surface area (Å²) >= 11 is 0. The molecule has 0 saturated heterocycles. The van der Waals surface area contributed by atoms with Crippen molar-refractivity contribution in [3.63, 3.8) is 0 Å². The fraction of sp³-hybridized carbons (Fsp3) is 0.192. The van der Waals surface area contributed by atoms with Crippen molar-refractivity contribution in [3.05, 3.63) is 89.4 Å². The van der Waals surface area contributed by atoms with Crippen LogP contribution in [0.4, 0.5) is 4.39 Å². The molecule has 0 aliphatic heterocycles. The van der Waals surface area contributed by atoms with Crippen LogP contribution in [0.1, 0.15) is 16.8 Å². The Labute approximate surface area is 181 Å². The fourth-order valence-corrected chi connectivity index (χ4v) is 3.88. The molecule has 4 aromatic rings. The summed E-state index contributed by atoms with van der Waals surface area (Å²) in [7, 11) is 0. The van der Waals surface area contributed by atoms with Crippen LogP contribution in [0.5, 0.6) is 5.75 Å². The van der Waals surface area contributed by atoms with Crippen LogP contribution >= 0.6 is 0 Å². The lowest BCUT2D eigenvalue weighted by molar-refractivity contribution is -0.123. The van der Waals surface area contributed by atoms with Gasteiger partial charge in [-0.1, -0.05) is 48.5 Å². The molecule has 0 unspecified atom stereocenters. The quantitative estimate of drug-likeness (QED) is 0.428. The number of aromatic amines is 1. The number of hydrogen-bond acceptors (Lipinski definition) is 2. The maximum absolute atomic E-state index is 14.1. The normalized spacial score (nSPS) is 10.9. The van der Waals surface area contributed by atoms with Crippen molar-refractivity contribution in [2.75, 3.05) is 13.2 Å². The number of aryl methyl sites for hydroxylation is 2. The standard InChI is InChI=1S/C26H25FN2O2/c1-17-11-12-23(27)26-25(17)22(18(2)29-26)13-14-28-24(30)16-31-21-10-6-9-20(15-21)19-7-4-3-5-8-19/h3-12,15,29H,13-14,16H2,1-2H3,(H,28,30). The van der Waals surface area contributed by atoms with Gasteiger partial charge in [-0.2, -0.15) is 0 Å². The summed E-state index contributed by atoms with van der Waals surface area (Å²) in [5.74, 6) is 0.200. The highest BCUT2D eigenvalue weighted by Gasteiger charge is 2.14. The number of rotatable bonds is 7. The summed E-state index contributed by atoms with van der Waals surface area (Å²) in [4.78, 5) is 15.4. The number of fused-ring (bicyclic) bond motifs is 1. The first-order chi connectivity index (χ1) is 15.0. The van der Waals surface area contributed by atoms with Gasteiger partial charge in [-0.3, -0.25) is 4.79 Å². The molecule has 5 heteroatoms. The molecule has 31 heavy (non-hydrogen) atoms. The summed E-state index contributed by atoms with van der Waals surface area (Å²) in [6.07, 6.45) is 0.616. The Kier molecular flexibility index (Phi) is 6.03. The summed E-state index contributed by atoms with van der Waals surface area (Å²) in [6.45, 7) is 4.29. The second-order valence-corrected chi connectivity index (χ2v) is 7.63. The van der Waals surface area contributed by atoms with Crippen molar-refractivity contribution in [2.24, 2.45) is 0 Å². The third kappa shape index (κ3) is 4.61. The average Bonchev–Trinajstić information content (AvgIpc) is 3.13. The molecule has 1 aromatic heterocycles. The second-order valence-electron chi connectivity index (χ2n) is 7.63. The van der Waals surface area contributed by atoms with E-state index in [1.165, 1.54) is 6.07 Å². The third-order valence-electron chi connectivity index (χ3n) is 5.44. The van der Waals surface area contributed by atoms with Crippen LogP contribution in [0.25, 0.3) is 22.0 Å². The molecule has 158 valence electrons. The van der Waals surface area contributed by atoms with Gasteiger partial charge in [0.25, 0.3) is 5.91 Å². The minimum Gasteiger partial charge on any atom is -0.484 e. The van der Waals surface area contributed by atoms with Gasteiger partial charge >= 0.3 is 0 Å². The molecule has 0 radical (unpaired) electrons. The Hall–Kier alpha value is -3.60. The molecule has 4 rings (SSSR count). The maximum Gasteiger partial charge on any atom is 0.257 e. The zero-order chi connectivity index (χ0) is 21.8. The number of hydrogen-bond donors (Lipinski definition) is 2. The smallest absolute Gasteiger partial charge is 0.257 e. The van der Waals surface area contributed by atoms with E-state index in [4.69, 9.17) is 4.74 Å². The number of aromatic nitrogens is 1. The molecule has 0 aliphatic carbocycles. The molecule has 0 aliphatic rings. The first-order valence-electron chi connectivity index (χ1n) is 10.3. The Morgan fingerprint density at radius 2 is 1.77 bits per heavy atom. The van der Waals surface area contributed by atoms with Gasteiger partial charge in [-0.05, 0) is 60.7 Å². The van der Waals surface area contributed by atoms with Gasteiger partial charge in [-0.15, -0.1) is 0 Å². The zero-order valence-electron chi connectivity index (χ0n) is 17.7. The van der Waals surface area contributed by atoms with Gasteiger partial charge in [0.05, 0.1) is 5.52 Å². The lowest BCUT2D eigenvalue weighted by Crippen LogP contribution is -2.30. The van der Waals surface area contributed by atoms with Crippen LogP contribution in [0, 0.1) is 19.7 Å². The van der Waals surface area contributed by atoms with E-state index in [9.17, 15) is 9.18 Å². The van der Waals surface area contributed by atoms with Gasteiger partial charge in [0.15, 0.2) is 6.61 Å². The highest BCUT2D eigenvalue weighted by Crippen LogP contribution is 2.28. The fourth-order valence-electron chi connectivity index (χ4n) is 3.88. The Balaban J connectivity index is 1.33. The van der Waals surface area contributed by atoms with Crippen molar-refractivity contribution < 1.29 is 13.9 Å². The third-order valence-corrected chi connectivity index (χ3v) is 5.44. The van der Waals surface area contributed by atoms with E-state index >= 15 is 0 Å². The van der Waals surface area contributed by atoms with Crippen molar-refractivity contribution in [1.29, 1.82) is 0 Å². The number of H-pyrrole nitrogens is 1. The molecule has 4 nitrogen and oxygen atoms in total. The van der Waals surface area contributed by atoms with Gasteiger partial charge in [-0.25, -0.2) is 4.39 Å². The molecule has 0 fully saturated rings. The topological polar surface area (TPSA) is 54.1 Å². The highest BCUT2D eigenvalue weighted by atomic mass is 19.1. The lowest BCUT2D eigenvalue weighted by Gasteiger charge is -2.10. The number of benzene rings is 3. The summed E-state index contributed by atoms with van der Waals surface area (Å²) in [5, 5.41) is 3.80. The Bertz CT molecular complexity index is 1220. The molecule has 0 spiro atoms. The van der Waals surface area contributed by atoms with E-state index in [2.05, 4.69) is 10.3 Å². The molecule has 2 N–H and O–H groups in total. The minimum absolute atomic E-state index is 0.0568. The van der Waals surface area contributed by atoms with Crippen LogP contribution in [-0.2, 0) is 11.2 Å². The zero-order valence-corrected chi connectivity index (χ0v) is 17.7. The Morgan fingerprint density at radius 3 is 2.58 bits per heavy atom. The van der Waals surface area contributed by atoms with Crippen LogP contribution < -0.4 is 10.1 Å². The van der Waals surface area contributed by atoms with Crippen molar-refractivity contribution in [2.45, 2.75) is 20.3 Å². The highest BCUT2D eigenvalue weighted by molar-refractivity contribution is 5.88. The van der Waals surface area contributed by atoms with Crippen LogP contribution in [0.15, 0.2) is 66.7 Å². The van der Waals surface area contributed by atoms with Crippen molar-refractivity contribution >= 4 is 16.8 Å². The van der Waals surface area contributed by atoms with Crippen LogP contribution in [-0.4, -0.2) is 24.0 Å². The van der Waals surface area contributed by atoms with E-state index in [0.717, 1.165) is 33.3 Å². The van der Waals surface area contributed by atoms with E-state index in [-0.39, 0.29) is 18.3 Å². The number of halogens is 1. The second kappa shape index (κ2) is 9.04. The van der Waals surface area contributed by atoms with E-state index < -0.39 is 0 Å². The Morgan fingerprint density at radius 1 is 1.00 bits per heavy atom. The summed E-state index contributed by atoms with van der Waals surface area (Å²) in [5.41, 5.74) is 5.63. The monoisotopic (exact) mass is 416 g/mol. The van der Waals surface area contributed by atoms with E-state index in [1.807, 2.05) is 68.4 Å². The van der Waals surface area contributed by atoms with Gasteiger partial charge in [0.1, 0.15) is 11.6 Å². The number of carbonyl (C=O) groups is 1. The predicted molar refractivity (Wildman–Crippen MR) is 122 cm³/mol. The molecule has 1 amide bonds. The van der Waals surface area contributed by atoms with Gasteiger partial charge in [0.2, 0.25) is 0 Å². The molecule has 3 aromatic carbocycles. The number of carbonyl (C=O) groups excluding carboxylic acids is 1. The summed E-state index contributed by atoms with van der Waals surface area (Å²) in [6, 6.07) is 21.0. The van der Waals surface area contributed by atoms with Crippen molar-refractivity contribution in [3.8, 4) is 16.9 Å². The van der Waals surface area contributed by atoms with Crippen LogP contribution in [0.3, 0.4) is 0 Å². The van der Waals surface area contributed by atoms with Crippen LogP contribution in [0.2, 0.25) is 0 Å². The largest absolute Gasteiger partial charge is 0.484 e. The average molecular weight is 416 g/mol.